The molecule has 1 fully saturated rings. The van der Waals surface area contributed by atoms with Gasteiger partial charge in [-0.15, -0.1) is 0 Å². The van der Waals surface area contributed by atoms with Gasteiger partial charge in [-0.1, -0.05) is 5.16 Å². The molecule has 0 amide bonds. The maximum Gasteiger partial charge on any atom is 0.150 e. The lowest BCUT2D eigenvalue weighted by molar-refractivity contribution is 0.181. The van der Waals surface area contributed by atoms with Crippen molar-refractivity contribution in [3.63, 3.8) is 0 Å². The van der Waals surface area contributed by atoms with Crippen molar-refractivity contribution < 1.29 is 4.52 Å². The van der Waals surface area contributed by atoms with Crippen LogP contribution < -0.4 is 5.73 Å². The molecule has 1 saturated heterocycles. The van der Waals surface area contributed by atoms with Crippen molar-refractivity contribution in [3.05, 3.63) is 17.5 Å². The number of rotatable bonds is 2. The largest absolute Gasteiger partial charge is 0.360 e. The van der Waals surface area contributed by atoms with Gasteiger partial charge in [-0.05, 0) is 26.3 Å². The van der Waals surface area contributed by atoms with Crippen molar-refractivity contribution in [3.8, 4) is 0 Å². The topological polar surface area (TPSA) is 55.3 Å². The van der Waals surface area contributed by atoms with Crippen LogP contribution in [0.1, 0.15) is 24.3 Å². The highest BCUT2D eigenvalue weighted by Gasteiger charge is 2.17. The Morgan fingerprint density at radius 3 is 3.21 bits per heavy atom. The van der Waals surface area contributed by atoms with Gasteiger partial charge in [0.25, 0.3) is 0 Å². The molecule has 1 unspecified atom stereocenters. The lowest BCUT2D eigenvalue weighted by Crippen LogP contribution is -2.42. The molecule has 1 atom stereocenters. The fourth-order valence-corrected chi connectivity index (χ4v) is 1.95. The van der Waals surface area contributed by atoms with Crippen LogP contribution in [0.15, 0.2) is 10.6 Å². The zero-order valence-electron chi connectivity index (χ0n) is 8.57. The molecule has 2 N–H and O–H groups in total. The molecule has 0 saturated carbocycles. The molecule has 0 aromatic carbocycles. The van der Waals surface area contributed by atoms with Gasteiger partial charge in [-0.25, -0.2) is 0 Å². The Labute approximate surface area is 84.0 Å². The van der Waals surface area contributed by atoms with E-state index in [0.717, 1.165) is 37.5 Å². The molecular weight excluding hydrogens is 178 g/mol. The molecule has 1 aliphatic rings. The summed E-state index contributed by atoms with van der Waals surface area (Å²) in [7, 11) is 0. The number of nitrogens with two attached hydrogens (primary N) is 1. The van der Waals surface area contributed by atoms with E-state index in [1.807, 2.05) is 13.0 Å². The first-order chi connectivity index (χ1) is 6.74. The van der Waals surface area contributed by atoms with Crippen molar-refractivity contribution in [2.75, 3.05) is 13.1 Å². The predicted molar refractivity (Wildman–Crippen MR) is 53.7 cm³/mol. The zero-order valence-corrected chi connectivity index (χ0v) is 8.57. The molecule has 0 radical (unpaired) electrons. The summed E-state index contributed by atoms with van der Waals surface area (Å²) < 4.78 is 5.17. The van der Waals surface area contributed by atoms with Crippen LogP contribution in [-0.4, -0.2) is 29.2 Å². The summed E-state index contributed by atoms with van der Waals surface area (Å²) in [5.74, 6) is 0.941. The summed E-state index contributed by atoms with van der Waals surface area (Å²) in [4.78, 5) is 2.33. The Hall–Kier alpha value is -0.870. The van der Waals surface area contributed by atoms with Crippen molar-refractivity contribution in [1.82, 2.24) is 10.1 Å². The van der Waals surface area contributed by atoms with Crippen LogP contribution in [0.25, 0.3) is 0 Å². The van der Waals surface area contributed by atoms with Crippen molar-refractivity contribution in [2.45, 2.75) is 32.4 Å². The summed E-state index contributed by atoms with van der Waals surface area (Å²) in [5, 5.41) is 3.87. The van der Waals surface area contributed by atoms with E-state index < -0.39 is 0 Å². The normalized spacial score (nSPS) is 24.0. The van der Waals surface area contributed by atoms with Gasteiger partial charge in [0.05, 0.1) is 12.2 Å². The van der Waals surface area contributed by atoms with Crippen LogP contribution in [0, 0.1) is 6.92 Å². The van der Waals surface area contributed by atoms with Crippen LogP contribution in [0.5, 0.6) is 0 Å². The highest BCUT2D eigenvalue weighted by atomic mass is 16.5. The Bertz CT molecular complexity index is 297. The van der Waals surface area contributed by atoms with Gasteiger partial charge in [-0.3, -0.25) is 4.90 Å². The number of nitrogens with zero attached hydrogens (tertiary/aromatic N) is 2. The molecule has 1 aromatic rings. The van der Waals surface area contributed by atoms with E-state index in [1.165, 1.54) is 6.42 Å². The molecule has 1 aliphatic heterocycles. The van der Waals surface area contributed by atoms with E-state index in [4.69, 9.17) is 10.3 Å². The molecule has 0 aliphatic carbocycles. The van der Waals surface area contributed by atoms with Gasteiger partial charge in [-0.2, -0.15) is 0 Å². The van der Waals surface area contributed by atoms with E-state index in [2.05, 4.69) is 10.1 Å². The smallest absolute Gasteiger partial charge is 0.150 e. The third-order valence-corrected chi connectivity index (χ3v) is 2.60. The quantitative estimate of drug-likeness (QED) is 0.762. The molecule has 78 valence electrons. The lowest BCUT2D eigenvalue weighted by atomic mass is 10.1. The minimum atomic E-state index is 0.327. The van der Waals surface area contributed by atoms with Crippen LogP contribution in [0.3, 0.4) is 0 Å². The van der Waals surface area contributed by atoms with E-state index in [9.17, 15) is 0 Å². The molecule has 2 heterocycles. The molecule has 14 heavy (non-hydrogen) atoms. The molecule has 1 aromatic heterocycles. The first kappa shape index (κ1) is 9.68. The van der Waals surface area contributed by atoms with Gasteiger partial charge in [0, 0.05) is 18.7 Å². The average Bonchev–Trinajstić information content (AvgIpc) is 2.51. The second kappa shape index (κ2) is 4.11. The monoisotopic (exact) mass is 195 g/mol. The fourth-order valence-electron chi connectivity index (χ4n) is 1.95. The minimum absolute atomic E-state index is 0.327. The fraction of sp³-hybridized carbons (Fsp3) is 0.700. The third kappa shape index (κ3) is 2.33. The van der Waals surface area contributed by atoms with E-state index in [-0.39, 0.29) is 0 Å². The summed E-state index contributed by atoms with van der Waals surface area (Å²) >= 11 is 0. The first-order valence-electron chi connectivity index (χ1n) is 5.14. The number of piperidine rings is 1. The molecule has 0 spiro atoms. The lowest BCUT2D eigenvalue weighted by Gasteiger charge is -2.29. The highest BCUT2D eigenvalue weighted by molar-refractivity contribution is 5.03. The summed E-state index contributed by atoms with van der Waals surface area (Å²) in [6, 6.07) is 2.31. The minimum Gasteiger partial charge on any atom is -0.360 e. The van der Waals surface area contributed by atoms with E-state index in [1.54, 1.807) is 0 Å². The van der Waals surface area contributed by atoms with Crippen LogP contribution in [0.2, 0.25) is 0 Å². The highest BCUT2D eigenvalue weighted by Crippen LogP contribution is 2.12. The zero-order chi connectivity index (χ0) is 9.97. The van der Waals surface area contributed by atoms with Crippen LogP contribution in [-0.2, 0) is 6.54 Å². The van der Waals surface area contributed by atoms with Crippen molar-refractivity contribution in [1.29, 1.82) is 0 Å². The Morgan fingerprint density at radius 1 is 1.71 bits per heavy atom. The first-order valence-corrected chi connectivity index (χ1v) is 5.14. The number of hydrogen-bond donors (Lipinski definition) is 1. The van der Waals surface area contributed by atoms with Gasteiger partial charge in [0.1, 0.15) is 0 Å². The van der Waals surface area contributed by atoms with Crippen LogP contribution >= 0.6 is 0 Å². The van der Waals surface area contributed by atoms with E-state index >= 15 is 0 Å². The number of aromatic nitrogens is 1. The van der Waals surface area contributed by atoms with Gasteiger partial charge in [0.15, 0.2) is 5.76 Å². The molecule has 4 heteroatoms. The third-order valence-electron chi connectivity index (χ3n) is 2.60. The van der Waals surface area contributed by atoms with Gasteiger partial charge < -0.3 is 10.3 Å². The maximum atomic E-state index is 5.90. The van der Waals surface area contributed by atoms with Crippen LogP contribution in [0.4, 0.5) is 0 Å². The van der Waals surface area contributed by atoms with Gasteiger partial charge in [0.2, 0.25) is 0 Å². The van der Waals surface area contributed by atoms with Crippen molar-refractivity contribution >= 4 is 0 Å². The number of likely N-dealkylation sites (tertiary alicyclic amines) is 1. The Balaban J connectivity index is 1.90. The SMILES string of the molecule is Cc1cc(CN2CCCC(N)C2)on1. The molecular formula is C10H17N3O. The Morgan fingerprint density at radius 2 is 2.57 bits per heavy atom. The van der Waals surface area contributed by atoms with Gasteiger partial charge >= 0.3 is 0 Å². The summed E-state index contributed by atoms with van der Waals surface area (Å²) in [5.41, 5.74) is 6.84. The predicted octanol–water partition coefficient (Wildman–Crippen LogP) is 0.906. The Kier molecular flexibility index (Phi) is 2.84. The summed E-state index contributed by atoms with van der Waals surface area (Å²) in [6.07, 6.45) is 2.33. The number of aryl methyl sites for hydroxylation is 1. The average molecular weight is 195 g/mol. The second-order valence-corrected chi connectivity index (χ2v) is 4.07. The standard InChI is InChI=1S/C10H17N3O/c1-8-5-10(14-12-8)7-13-4-2-3-9(11)6-13/h5,9H,2-4,6-7,11H2,1H3. The van der Waals surface area contributed by atoms with Crippen molar-refractivity contribution in [2.24, 2.45) is 5.73 Å². The molecule has 0 bridgehead atoms. The second-order valence-electron chi connectivity index (χ2n) is 4.07. The van der Waals surface area contributed by atoms with E-state index in [0.29, 0.717) is 6.04 Å². The molecule has 4 nitrogen and oxygen atoms in total. The number of hydrogen-bond acceptors (Lipinski definition) is 4. The summed E-state index contributed by atoms with van der Waals surface area (Å²) in [6.45, 7) is 4.87. The molecule has 2 rings (SSSR count). The maximum absolute atomic E-state index is 5.90.